The second kappa shape index (κ2) is 26.6. The molecular formula is C42H71N. The zero-order valence-electron chi connectivity index (χ0n) is 29.1. The van der Waals surface area contributed by atoms with E-state index in [0.29, 0.717) is 0 Å². The number of hydrogen-bond donors (Lipinski definition) is 1. The van der Waals surface area contributed by atoms with Gasteiger partial charge < -0.3 is 5.32 Å². The standard InChI is InChI=1S/C42H71N/c1-4-7-10-13-16-19-22-25-29-38-31-28-33-41(37-38)43-42-35-34-39(30-26-23-20-17-14-11-8-5-2)36-40(42)32-27-24-21-18-15-12-9-6-3/h28,31,33-37,43H,4-27,29-30,32H2,1-3H3. The van der Waals surface area contributed by atoms with Crippen molar-refractivity contribution in [1.82, 2.24) is 0 Å². The van der Waals surface area contributed by atoms with E-state index in [4.69, 9.17) is 0 Å². The average Bonchev–Trinajstić information content (AvgIpc) is 3.02. The number of benzene rings is 2. The summed E-state index contributed by atoms with van der Waals surface area (Å²) in [5.74, 6) is 0. The summed E-state index contributed by atoms with van der Waals surface area (Å²) in [6.45, 7) is 6.91. The third-order valence-corrected chi connectivity index (χ3v) is 9.31. The van der Waals surface area contributed by atoms with Crippen molar-refractivity contribution in [3.8, 4) is 0 Å². The van der Waals surface area contributed by atoms with Gasteiger partial charge in [0.05, 0.1) is 0 Å². The Morgan fingerprint density at radius 2 is 0.814 bits per heavy atom. The van der Waals surface area contributed by atoms with E-state index in [1.807, 2.05) is 0 Å². The van der Waals surface area contributed by atoms with Gasteiger partial charge in [0, 0.05) is 11.4 Å². The minimum absolute atomic E-state index is 1.19. The Hall–Kier alpha value is -1.76. The van der Waals surface area contributed by atoms with Crippen LogP contribution in [-0.2, 0) is 19.3 Å². The van der Waals surface area contributed by atoms with Crippen molar-refractivity contribution in [2.75, 3.05) is 5.32 Å². The SMILES string of the molecule is CCCCCCCCCCc1cccc(Nc2ccc(CCCCCCCCCC)cc2CCCCCCCCCC)c1. The van der Waals surface area contributed by atoms with Crippen molar-refractivity contribution in [2.45, 2.75) is 194 Å². The van der Waals surface area contributed by atoms with Crippen molar-refractivity contribution < 1.29 is 0 Å². The zero-order chi connectivity index (χ0) is 30.6. The first-order valence-electron chi connectivity index (χ1n) is 19.2. The summed E-state index contributed by atoms with van der Waals surface area (Å²) in [6, 6.07) is 16.5. The third kappa shape index (κ3) is 19.3. The molecule has 43 heavy (non-hydrogen) atoms. The Balaban J connectivity index is 1.87. The smallest absolute Gasteiger partial charge is 0.0416 e. The molecule has 1 N–H and O–H groups in total. The van der Waals surface area contributed by atoms with Gasteiger partial charge >= 0.3 is 0 Å². The highest BCUT2D eigenvalue weighted by molar-refractivity contribution is 5.64. The van der Waals surface area contributed by atoms with E-state index in [0.717, 1.165) is 0 Å². The molecule has 0 aliphatic heterocycles. The molecule has 2 aromatic carbocycles. The molecule has 0 saturated heterocycles. The fourth-order valence-electron chi connectivity index (χ4n) is 6.47. The average molecular weight is 590 g/mol. The first-order chi connectivity index (χ1) is 21.3. The van der Waals surface area contributed by atoms with Gasteiger partial charge in [0.25, 0.3) is 0 Å². The van der Waals surface area contributed by atoms with E-state index < -0.39 is 0 Å². The highest BCUT2D eigenvalue weighted by Crippen LogP contribution is 2.26. The summed E-state index contributed by atoms with van der Waals surface area (Å²) in [5.41, 5.74) is 7.12. The zero-order valence-corrected chi connectivity index (χ0v) is 29.1. The van der Waals surface area contributed by atoms with Crippen molar-refractivity contribution >= 4 is 11.4 Å². The van der Waals surface area contributed by atoms with E-state index in [-0.39, 0.29) is 0 Å². The van der Waals surface area contributed by atoms with Crippen molar-refractivity contribution in [3.63, 3.8) is 0 Å². The Morgan fingerprint density at radius 3 is 1.30 bits per heavy atom. The summed E-state index contributed by atoms with van der Waals surface area (Å²) < 4.78 is 0. The Kier molecular flexibility index (Phi) is 23.2. The molecule has 2 aromatic rings. The van der Waals surface area contributed by atoms with Crippen LogP contribution in [0.15, 0.2) is 42.5 Å². The van der Waals surface area contributed by atoms with Gasteiger partial charge in [-0.15, -0.1) is 0 Å². The largest absolute Gasteiger partial charge is 0.355 e. The quantitative estimate of drug-likeness (QED) is 0.0931. The molecule has 0 aliphatic carbocycles. The van der Waals surface area contributed by atoms with Gasteiger partial charge in [0.2, 0.25) is 0 Å². The van der Waals surface area contributed by atoms with Gasteiger partial charge in [-0.2, -0.15) is 0 Å². The molecule has 0 bridgehead atoms. The minimum atomic E-state index is 1.19. The van der Waals surface area contributed by atoms with Gasteiger partial charge in [-0.1, -0.05) is 180 Å². The Labute approximate surface area is 269 Å². The number of hydrogen-bond acceptors (Lipinski definition) is 1. The molecule has 0 fully saturated rings. The maximum Gasteiger partial charge on any atom is 0.0416 e. The van der Waals surface area contributed by atoms with Crippen LogP contribution in [0.4, 0.5) is 11.4 Å². The molecule has 244 valence electrons. The van der Waals surface area contributed by atoms with Crippen LogP contribution in [0.25, 0.3) is 0 Å². The molecule has 0 unspecified atom stereocenters. The van der Waals surface area contributed by atoms with Crippen LogP contribution in [0.5, 0.6) is 0 Å². The molecule has 0 radical (unpaired) electrons. The maximum atomic E-state index is 3.85. The molecular weight excluding hydrogens is 518 g/mol. The molecule has 0 heterocycles. The molecule has 1 nitrogen and oxygen atoms in total. The molecule has 0 spiro atoms. The molecule has 0 atom stereocenters. The van der Waals surface area contributed by atoms with Crippen LogP contribution in [0.1, 0.15) is 192 Å². The lowest BCUT2D eigenvalue weighted by Gasteiger charge is -2.15. The summed E-state index contributed by atoms with van der Waals surface area (Å²) in [5, 5.41) is 3.85. The van der Waals surface area contributed by atoms with Crippen molar-refractivity contribution in [2.24, 2.45) is 0 Å². The molecule has 0 amide bonds. The predicted molar refractivity (Wildman–Crippen MR) is 195 cm³/mol. The number of rotatable bonds is 29. The van der Waals surface area contributed by atoms with E-state index in [9.17, 15) is 0 Å². The first-order valence-corrected chi connectivity index (χ1v) is 19.2. The second-order valence-electron chi connectivity index (χ2n) is 13.5. The molecule has 0 aromatic heterocycles. The van der Waals surface area contributed by atoms with Crippen LogP contribution in [0, 0.1) is 0 Å². The lowest BCUT2D eigenvalue weighted by atomic mass is 9.98. The fourth-order valence-corrected chi connectivity index (χ4v) is 6.47. The van der Waals surface area contributed by atoms with Gasteiger partial charge in [-0.25, -0.2) is 0 Å². The lowest BCUT2D eigenvalue weighted by molar-refractivity contribution is 0.574. The van der Waals surface area contributed by atoms with Gasteiger partial charge in [0.15, 0.2) is 0 Å². The topological polar surface area (TPSA) is 12.0 Å². The van der Waals surface area contributed by atoms with Gasteiger partial charge in [-0.05, 0) is 73.4 Å². The Morgan fingerprint density at radius 1 is 0.395 bits per heavy atom. The summed E-state index contributed by atoms with van der Waals surface area (Å²) >= 11 is 0. The number of anilines is 2. The fraction of sp³-hybridized carbons (Fsp3) is 0.714. The first kappa shape index (κ1) is 37.4. The normalized spacial score (nSPS) is 11.3. The summed E-state index contributed by atoms with van der Waals surface area (Å²) in [4.78, 5) is 0. The Bertz CT molecular complexity index is 900. The van der Waals surface area contributed by atoms with Crippen LogP contribution >= 0.6 is 0 Å². The molecule has 0 saturated carbocycles. The van der Waals surface area contributed by atoms with E-state index in [1.54, 1.807) is 0 Å². The highest BCUT2D eigenvalue weighted by Gasteiger charge is 2.07. The van der Waals surface area contributed by atoms with Crippen LogP contribution in [0.3, 0.4) is 0 Å². The van der Waals surface area contributed by atoms with Crippen LogP contribution in [-0.4, -0.2) is 0 Å². The third-order valence-electron chi connectivity index (χ3n) is 9.31. The van der Waals surface area contributed by atoms with Crippen molar-refractivity contribution in [3.05, 3.63) is 59.2 Å². The second-order valence-corrected chi connectivity index (χ2v) is 13.5. The predicted octanol–water partition coefficient (Wildman–Crippen LogP) is 14.5. The maximum absolute atomic E-state index is 3.85. The number of aryl methyl sites for hydroxylation is 3. The summed E-state index contributed by atoms with van der Waals surface area (Å²) in [7, 11) is 0. The highest BCUT2D eigenvalue weighted by atomic mass is 14.9. The van der Waals surface area contributed by atoms with E-state index in [1.165, 1.54) is 201 Å². The minimum Gasteiger partial charge on any atom is -0.355 e. The molecule has 0 aliphatic rings. The monoisotopic (exact) mass is 590 g/mol. The van der Waals surface area contributed by atoms with E-state index in [2.05, 4.69) is 68.6 Å². The lowest BCUT2D eigenvalue weighted by Crippen LogP contribution is -2.00. The number of nitrogens with one attached hydrogen (secondary N) is 1. The summed E-state index contributed by atoms with van der Waals surface area (Å²) in [6.07, 6.45) is 36.9. The van der Waals surface area contributed by atoms with Gasteiger partial charge in [0.1, 0.15) is 0 Å². The molecule has 1 heteroatoms. The molecule has 2 rings (SSSR count). The van der Waals surface area contributed by atoms with E-state index >= 15 is 0 Å². The number of unbranched alkanes of at least 4 members (excludes halogenated alkanes) is 21. The van der Waals surface area contributed by atoms with Crippen molar-refractivity contribution in [1.29, 1.82) is 0 Å². The van der Waals surface area contributed by atoms with Crippen LogP contribution < -0.4 is 5.32 Å². The van der Waals surface area contributed by atoms with Crippen LogP contribution in [0.2, 0.25) is 0 Å². The van der Waals surface area contributed by atoms with Gasteiger partial charge in [-0.3, -0.25) is 0 Å².